The summed E-state index contributed by atoms with van der Waals surface area (Å²) in [5.74, 6) is 4.76. The molecule has 5 aliphatic carbocycles. The van der Waals surface area contributed by atoms with Gasteiger partial charge in [-0.2, -0.15) is 0 Å². The first-order valence-electron chi connectivity index (χ1n) is 11.0. The lowest BCUT2D eigenvalue weighted by molar-refractivity contribution is -0.164. The standard InChI is InChI=1S/C23H32O3/c1-3-20(25)26-22-19-12-18(19)21-17-7-5-13-11-14(24)6-8-15(13)16(17)9-10-23(21,22)4-2/h11,15-19,21-22H,3-10,12H2,1-2H3. The van der Waals surface area contributed by atoms with Crippen molar-refractivity contribution in [1.82, 2.24) is 0 Å². The fourth-order valence-corrected chi connectivity index (χ4v) is 7.89. The molecule has 0 spiro atoms. The van der Waals surface area contributed by atoms with Gasteiger partial charge in [0.2, 0.25) is 0 Å². The van der Waals surface area contributed by atoms with Gasteiger partial charge in [0.25, 0.3) is 0 Å². The highest BCUT2D eigenvalue weighted by molar-refractivity contribution is 5.91. The average Bonchev–Trinajstić information content (AvgIpc) is 3.39. The Hall–Kier alpha value is -1.12. The lowest BCUT2D eigenvalue weighted by atomic mass is 9.50. The highest BCUT2D eigenvalue weighted by Gasteiger charge is 2.71. The summed E-state index contributed by atoms with van der Waals surface area (Å²) in [4.78, 5) is 24.0. The predicted octanol–water partition coefficient (Wildman–Crippen LogP) is 4.70. The third kappa shape index (κ3) is 2.24. The van der Waals surface area contributed by atoms with E-state index in [9.17, 15) is 9.59 Å². The Bertz CT molecular complexity index is 664. The van der Waals surface area contributed by atoms with E-state index in [4.69, 9.17) is 4.74 Å². The van der Waals surface area contributed by atoms with Crippen LogP contribution in [0.4, 0.5) is 0 Å². The van der Waals surface area contributed by atoms with E-state index in [0.29, 0.717) is 24.0 Å². The van der Waals surface area contributed by atoms with Gasteiger partial charge < -0.3 is 4.74 Å². The topological polar surface area (TPSA) is 43.4 Å². The summed E-state index contributed by atoms with van der Waals surface area (Å²) in [7, 11) is 0. The van der Waals surface area contributed by atoms with Crippen molar-refractivity contribution in [3.05, 3.63) is 11.6 Å². The second-order valence-corrected chi connectivity index (χ2v) is 9.68. The van der Waals surface area contributed by atoms with E-state index < -0.39 is 0 Å². The van der Waals surface area contributed by atoms with Crippen LogP contribution >= 0.6 is 0 Å². The van der Waals surface area contributed by atoms with Crippen LogP contribution in [0.3, 0.4) is 0 Å². The summed E-state index contributed by atoms with van der Waals surface area (Å²) in [6, 6.07) is 0. The second kappa shape index (κ2) is 5.94. The molecule has 0 aromatic rings. The van der Waals surface area contributed by atoms with E-state index in [1.807, 2.05) is 13.0 Å². The van der Waals surface area contributed by atoms with E-state index in [2.05, 4.69) is 6.92 Å². The third-order valence-electron chi connectivity index (χ3n) is 8.94. The fourth-order valence-electron chi connectivity index (χ4n) is 7.89. The van der Waals surface area contributed by atoms with Crippen molar-refractivity contribution >= 4 is 11.8 Å². The van der Waals surface area contributed by atoms with Crippen molar-refractivity contribution in [3.63, 3.8) is 0 Å². The fraction of sp³-hybridized carbons (Fsp3) is 0.826. The zero-order valence-electron chi connectivity index (χ0n) is 16.2. The van der Waals surface area contributed by atoms with Crippen molar-refractivity contribution in [1.29, 1.82) is 0 Å². The molecule has 8 unspecified atom stereocenters. The molecule has 8 atom stereocenters. The molecule has 0 aromatic carbocycles. The Morgan fingerprint density at radius 2 is 1.96 bits per heavy atom. The van der Waals surface area contributed by atoms with Gasteiger partial charge in [-0.1, -0.05) is 19.4 Å². The summed E-state index contributed by atoms with van der Waals surface area (Å²) >= 11 is 0. The number of hydrogen-bond donors (Lipinski definition) is 0. The van der Waals surface area contributed by atoms with Gasteiger partial charge in [-0.05, 0) is 86.5 Å². The maximum absolute atomic E-state index is 12.1. The number of ketones is 1. The molecule has 4 fully saturated rings. The van der Waals surface area contributed by atoms with Gasteiger partial charge in [0.15, 0.2) is 5.78 Å². The lowest BCUT2D eigenvalue weighted by Crippen LogP contribution is -2.51. The summed E-state index contributed by atoms with van der Waals surface area (Å²) in [5, 5.41) is 0. The molecule has 4 saturated carbocycles. The highest BCUT2D eigenvalue weighted by atomic mass is 16.5. The van der Waals surface area contributed by atoms with Crippen LogP contribution in [-0.4, -0.2) is 17.9 Å². The van der Waals surface area contributed by atoms with Gasteiger partial charge in [0.05, 0.1) is 0 Å². The van der Waals surface area contributed by atoms with Gasteiger partial charge >= 0.3 is 5.97 Å². The zero-order chi connectivity index (χ0) is 18.1. The molecule has 5 rings (SSSR count). The van der Waals surface area contributed by atoms with Crippen molar-refractivity contribution in [2.24, 2.45) is 40.9 Å². The second-order valence-electron chi connectivity index (χ2n) is 9.68. The molecular weight excluding hydrogens is 324 g/mol. The summed E-state index contributed by atoms with van der Waals surface area (Å²) in [6.07, 6.45) is 11.8. The van der Waals surface area contributed by atoms with E-state index >= 15 is 0 Å². The smallest absolute Gasteiger partial charge is 0.305 e. The Labute approximate surface area is 156 Å². The number of hydrogen-bond acceptors (Lipinski definition) is 3. The van der Waals surface area contributed by atoms with Gasteiger partial charge in [0, 0.05) is 18.3 Å². The number of allylic oxidation sites excluding steroid dienone is 1. The molecule has 0 radical (unpaired) electrons. The molecule has 5 aliphatic rings. The molecule has 0 saturated heterocycles. The lowest BCUT2D eigenvalue weighted by Gasteiger charge is -2.55. The molecule has 0 aliphatic heterocycles. The van der Waals surface area contributed by atoms with Gasteiger partial charge in [0.1, 0.15) is 6.10 Å². The van der Waals surface area contributed by atoms with E-state index in [-0.39, 0.29) is 17.5 Å². The Morgan fingerprint density at radius 1 is 1.12 bits per heavy atom. The van der Waals surface area contributed by atoms with E-state index in [0.717, 1.165) is 49.4 Å². The predicted molar refractivity (Wildman–Crippen MR) is 99.2 cm³/mol. The number of carbonyl (C=O) groups excluding carboxylic acids is 2. The normalized spacial score (nSPS) is 48.6. The minimum Gasteiger partial charge on any atom is -0.461 e. The largest absolute Gasteiger partial charge is 0.461 e. The minimum atomic E-state index is -0.00379. The number of esters is 1. The number of carbonyl (C=O) groups is 2. The van der Waals surface area contributed by atoms with Crippen LogP contribution < -0.4 is 0 Å². The van der Waals surface area contributed by atoms with Gasteiger partial charge in [-0.3, -0.25) is 9.59 Å². The van der Waals surface area contributed by atoms with E-state index in [1.54, 1.807) is 0 Å². The third-order valence-corrected chi connectivity index (χ3v) is 8.94. The van der Waals surface area contributed by atoms with Gasteiger partial charge in [-0.15, -0.1) is 0 Å². The quantitative estimate of drug-likeness (QED) is 0.689. The van der Waals surface area contributed by atoms with Crippen molar-refractivity contribution in [3.8, 4) is 0 Å². The molecule has 0 aromatic heterocycles. The Kier molecular flexibility index (Phi) is 3.89. The molecule has 0 heterocycles. The maximum atomic E-state index is 12.1. The Morgan fingerprint density at radius 3 is 2.73 bits per heavy atom. The van der Waals surface area contributed by atoms with Crippen LogP contribution in [-0.2, 0) is 14.3 Å². The van der Waals surface area contributed by atoms with Crippen molar-refractivity contribution in [2.45, 2.75) is 77.7 Å². The molecular formula is C23H32O3. The van der Waals surface area contributed by atoms with Crippen molar-refractivity contribution < 1.29 is 14.3 Å². The average molecular weight is 357 g/mol. The van der Waals surface area contributed by atoms with Crippen LogP contribution in [0.2, 0.25) is 0 Å². The van der Waals surface area contributed by atoms with Crippen LogP contribution in [0.5, 0.6) is 0 Å². The van der Waals surface area contributed by atoms with Crippen LogP contribution in [0.25, 0.3) is 0 Å². The molecule has 26 heavy (non-hydrogen) atoms. The maximum Gasteiger partial charge on any atom is 0.305 e. The summed E-state index contributed by atoms with van der Waals surface area (Å²) in [5.41, 5.74) is 1.71. The molecule has 0 amide bonds. The first-order chi connectivity index (χ1) is 12.6. The Balaban J connectivity index is 1.45. The van der Waals surface area contributed by atoms with Gasteiger partial charge in [-0.25, -0.2) is 0 Å². The SMILES string of the molecule is CCC(=O)OC1C2CC2C2C3CCC4=CC(=O)CCC4C3CCC12CC. The monoisotopic (exact) mass is 356 g/mol. The first-order valence-corrected chi connectivity index (χ1v) is 11.0. The summed E-state index contributed by atoms with van der Waals surface area (Å²) in [6.45, 7) is 4.24. The summed E-state index contributed by atoms with van der Waals surface area (Å²) < 4.78 is 6.08. The van der Waals surface area contributed by atoms with Crippen LogP contribution in [0.1, 0.15) is 71.6 Å². The highest BCUT2D eigenvalue weighted by Crippen LogP contribution is 2.73. The molecule has 142 valence electrons. The van der Waals surface area contributed by atoms with Crippen LogP contribution in [0, 0.1) is 40.9 Å². The molecule has 0 bridgehead atoms. The number of fused-ring (bicyclic) bond motifs is 7. The zero-order valence-corrected chi connectivity index (χ0v) is 16.2. The molecule has 3 heteroatoms. The number of rotatable bonds is 3. The molecule has 3 nitrogen and oxygen atoms in total. The van der Waals surface area contributed by atoms with Crippen LogP contribution in [0.15, 0.2) is 11.6 Å². The molecule has 0 N–H and O–H groups in total. The minimum absolute atomic E-state index is 0.00379. The van der Waals surface area contributed by atoms with E-state index in [1.165, 1.54) is 31.3 Å². The first kappa shape index (κ1) is 17.0. The number of ether oxygens (including phenoxy) is 1. The van der Waals surface area contributed by atoms with Crippen molar-refractivity contribution in [2.75, 3.05) is 0 Å².